The maximum Gasteiger partial charge on any atom is 0.142 e. The summed E-state index contributed by atoms with van der Waals surface area (Å²) >= 11 is 0. The molecule has 0 bridgehead atoms. The zero-order chi connectivity index (χ0) is 12.0. The van der Waals surface area contributed by atoms with Gasteiger partial charge in [0, 0.05) is 19.7 Å². The Morgan fingerprint density at radius 1 is 1.25 bits per heavy atom. The normalized spacial score (nSPS) is 10.0. The van der Waals surface area contributed by atoms with Gasteiger partial charge in [0.15, 0.2) is 0 Å². The molecule has 1 rings (SSSR count). The van der Waals surface area contributed by atoms with Crippen LogP contribution in [0, 0.1) is 0 Å². The van der Waals surface area contributed by atoms with Gasteiger partial charge in [0.2, 0.25) is 0 Å². The van der Waals surface area contributed by atoms with Crippen LogP contribution in [-0.4, -0.2) is 34.4 Å². The minimum absolute atomic E-state index is 0.691. The predicted octanol–water partition coefficient (Wildman–Crippen LogP) is 1.49. The Morgan fingerprint density at radius 2 is 2.00 bits per heavy atom. The lowest BCUT2D eigenvalue weighted by Gasteiger charge is -2.22. The SMILES string of the molecule is COc1ccc(OC)c(N(C)CCCN)c1. The van der Waals surface area contributed by atoms with Crippen LogP contribution in [0.4, 0.5) is 5.69 Å². The van der Waals surface area contributed by atoms with E-state index in [-0.39, 0.29) is 0 Å². The molecule has 0 amide bonds. The van der Waals surface area contributed by atoms with Crippen molar-refractivity contribution in [3.63, 3.8) is 0 Å². The molecule has 0 atom stereocenters. The molecule has 4 nitrogen and oxygen atoms in total. The first kappa shape index (κ1) is 12.6. The van der Waals surface area contributed by atoms with Crippen molar-refractivity contribution in [2.75, 3.05) is 39.3 Å². The van der Waals surface area contributed by atoms with Crippen molar-refractivity contribution in [3.05, 3.63) is 18.2 Å². The summed E-state index contributed by atoms with van der Waals surface area (Å²) in [5, 5.41) is 0. The fourth-order valence-corrected chi connectivity index (χ4v) is 1.54. The molecule has 0 saturated carbocycles. The molecule has 1 aromatic carbocycles. The minimum atomic E-state index is 0.691. The second-order valence-electron chi connectivity index (χ2n) is 3.60. The lowest BCUT2D eigenvalue weighted by molar-refractivity contribution is 0.403. The van der Waals surface area contributed by atoms with Gasteiger partial charge >= 0.3 is 0 Å². The number of hydrogen-bond donors (Lipinski definition) is 1. The van der Waals surface area contributed by atoms with Crippen LogP contribution in [0.25, 0.3) is 0 Å². The van der Waals surface area contributed by atoms with Gasteiger partial charge in [0.05, 0.1) is 19.9 Å². The number of rotatable bonds is 6. The molecule has 1 aromatic rings. The first-order chi connectivity index (χ1) is 7.72. The lowest BCUT2D eigenvalue weighted by atomic mass is 10.2. The third-order valence-electron chi connectivity index (χ3n) is 2.49. The van der Waals surface area contributed by atoms with E-state index in [1.807, 2.05) is 25.2 Å². The average molecular weight is 224 g/mol. The summed E-state index contributed by atoms with van der Waals surface area (Å²) in [6, 6.07) is 5.77. The van der Waals surface area contributed by atoms with E-state index in [9.17, 15) is 0 Å². The van der Waals surface area contributed by atoms with Crippen molar-refractivity contribution in [1.29, 1.82) is 0 Å². The van der Waals surface area contributed by atoms with Crippen molar-refractivity contribution in [2.45, 2.75) is 6.42 Å². The van der Waals surface area contributed by atoms with E-state index in [0.29, 0.717) is 6.54 Å². The van der Waals surface area contributed by atoms with E-state index in [1.54, 1.807) is 14.2 Å². The summed E-state index contributed by atoms with van der Waals surface area (Å²) in [4.78, 5) is 2.12. The minimum Gasteiger partial charge on any atom is -0.497 e. The van der Waals surface area contributed by atoms with Crippen LogP contribution in [0.15, 0.2) is 18.2 Å². The van der Waals surface area contributed by atoms with E-state index in [2.05, 4.69) is 4.90 Å². The Balaban J connectivity index is 2.89. The molecule has 16 heavy (non-hydrogen) atoms. The molecule has 0 aliphatic carbocycles. The second-order valence-corrected chi connectivity index (χ2v) is 3.60. The molecule has 2 N–H and O–H groups in total. The summed E-state index contributed by atoms with van der Waals surface area (Å²) in [5.74, 6) is 1.68. The van der Waals surface area contributed by atoms with E-state index in [0.717, 1.165) is 30.2 Å². The third-order valence-corrected chi connectivity index (χ3v) is 2.49. The summed E-state index contributed by atoms with van der Waals surface area (Å²) in [7, 11) is 5.35. The predicted molar refractivity (Wildman–Crippen MR) is 66.5 cm³/mol. The highest BCUT2D eigenvalue weighted by Gasteiger charge is 2.09. The monoisotopic (exact) mass is 224 g/mol. The summed E-state index contributed by atoms with van der Waals surface area (Å²) in [5.41, 5.74) is 6.52. The molecule has 0 heterocycles. The van der Waals surface area contributed by atoms with Gasteiger partial charge in [0.1, 0.15) is 11.5 Å². The molecule has 90 valence electrons. The largest absolute Gasteiger partial charge is 0.497 e. The highest BCUT2D eigenvalue weighted by molar-refractivity contribution is 5.61. The first-order valence-electron chi connectivity index (χ1n) is 5.36. The molecule has 0 fully saturated rings. The van der Waals surface area contributed by atoms with Gasteiger partial charge in [-0.25, -0.2) is 0 Å². The van der Waals surface area contributed by atoms with Crippen molar-refractivity contribution in [3.8, 4) is 11.5 Å². The third kappa shape index (κ3) is 3.03. The molecule has 0 aromatic heterocycles. The van der Waals surface area contributed by atoms with Crippen LogP contribution in [0.2, 0.25) is 0 Å². The van der Waals surface area contributed by atoms with Gasteiger partial charge in [-0.05, 0) is 25.1 Å². The van der Waals surface area contributed by atoms with Crippen LogP contribution in [0.1, 0.15) is 6.42 Å². The summed E-state index contributed by atoms with van der Waals surface area (Å²) in [6.07, 6.45) is 0.955. The Labute approximate surface area is 96.9 Å². The number of methoxy groups -OCH3 is 2. The van der Waals surface area contributed by atoms with E-state index >= 15 is 0 Å². The molecule has 0 aliphatic heterocycles. The van der Waals surface area contributed by atoms with E-state index in [1.165, 1.54) is 0 Å². The number of hydrogen-bond acceptors (Lipinski definition) is 4. The molecule has 0 saturated heterocycles. The summed E-state index contributed by atoms with van der Waals surface area (Å²) in [6.45, 7) is 1.59. The second kappa shape index (κ2) is 6.23. The molecule has 0 unspecified atom stereocenters. The van der Waals surface area contributed by atoms with Crippen LogP contribution in [0.5, 0.6) is 11.5 Å². The first-order valence-corrected chi connectivity index (χ1v) is 5.36. The molecule has 4 heteroatoms. The molecular formula is C12H20N2O2. The molecular weight excluding hydrogens is 204 g/mol. The molecule has 0 radical (unpaired) electrons. The van der Waals surface area contributed by atoms with Crippen LogP contribution in [-0.2, 0) is 0 Å². The topological polar surface area (TPSA) is 47.7 Å². The van der Waals surface area contributed by atoms with Gasteiger partial charge in [0.25, 0.3) is 0 Å². The van der Waals surface area contributed by atoms with E-state index in [4.69, 9.17) is 15.2 Å². The molecule has 0 spiro atoms. The zero-order valence-electron chi connectivity index (χ0n) is 10.2. The maximum absolute atomic E-state index is 5.50. The molecule has 0 aliphatic rings. The van der Waals surface area contributed by atoms with Crippen LogP contribution < -0.4 is 20.1 Å². The number of anilines is 1. The van der Waals surface area contributed by atoms with Gasteiger partial charge in [-0.15, -0.1) is 0 Å². The van der Waals surface area contributed by atoms with Gasteiger partial charge in [-0.2, -0.15) is 0 Å². The Kier molecular flexibility index (Phi) is 4.92. The van der Waals surface area contributed by atoms with Crippen LogP contribution in [0.3, 0.4) is 0 Å². The Bertz CT molecular complexity index is 329. The van der Waals surface area contributed by atoms with E-state index < -0.39 is 0 Å². The maximum atomic E-state index is 5.50. The summed E-state index contributed by atoms with van der Waals surface area (Å²) < 4.78 is 10.5. The number of ether oxygens (including phenoxy) is 2. The lowest BCUT2D eigenvalue weighted by Crippen LogP contribution is -2.21. The quantitative estimate of drug-likeness (QED) is 0.795. The number of nitrogens with zero attached hydrogens (tertiary/aromatic N) is 1. The Morgan fingerprint density at radius 3 is 2.56 bits per heavy atom. The van der Waals surface area contributed by atoms with Gasteiger partial charge in [-0.1, -0.05) is 0 Å². The fourth-order valence-electron chi connectivity index (χ4n) is 1.54. The number of benzene rings is 1. The van der Waals surface area contributed by atoms with Crippen molar-refractivity contribution >= 4 is 5.69 Å². The van der Waals surface area contributed by atoms with Crippen molar-refractivity contribution < 1.29 is 9.47 Å². The average Bonchev–Trinajstić information content (AvgIpc) is 2.35. The number of nitrogens with two attached hydrogens (primary N) is 1. The van der Waals surface area contributed by atoms with Crippen molar-refractivity contribution in [1.82, 2.24) is 0 Å². The van der Waals surface area contributed by atoms with Gasteiger partial charge in [-0.3, -0.25) is 0 Å². The highest BCUT2D eigenvalue weighted by atomic mass is 16.5. The zero-order valence-corrected chi connectivity index (χ0v) is 10.2. The Hall–Kier alpha value is -1.42. The van der Waals surface area contributed by atoms with Crippen molar-refractivity contribution in [2.24, 2.45) is 5.73 Å². The van der Waals surface area contributed by atoms with Crippen LogP contribution >= 0.6 is 0 Å². The fraction of sp³-hybridized carbons (Fsp3) is 0.500. The smallest absolute Gasteiger partial charge is 0.142 e. The highest BCUT2D eigenvalue weighted by Crippen LogP contribution is 2.31. The van der Waals surface area contributed by atoms with Gasteiger partial charge < -0.3 is 20.1 Å². The standard InChI is InChI=1S/C12H20N2O2/c1-14(8-4-7-13)11-9-10(15-2)5-6-12(11)16-3/h5-6,9H,4,7-8,13H2,1-3H3.